The van der Waals surface area contributed by atoms with Gasteiger partial charge in [0.15, 0.2) is 5.82 Å². The molecule has 0 saturated carbocycles. The summed E-state index contributed by atoms with van der Waals surface area (Å²) in [5.41, 5.74) is 8.49. The first-order valence-electron chi connectivity index (χ1n) is 12.9. The molecular formula is C30H34ClFN4O. The van der Waals surface area contributed by atoms with Gasteiger partial charge in [-0.05, 0) is 60.7 Å². The summed E-state index contributed by atoms with van der Waals surface area (Å²) >= 11 is 0. The smallest absolute Gasteiger partial charge is 0.153 e. The van der Waals surface area contributed by atoms with Crippen molar-refractivity contribution in [2.45, 2.75) is 39.9 Å². The van der Waals surface area contributed by atoms with E-state index in [4.69, 9.17) is 9.72 Å². The van der Waals surface area contributed by atoms with Gasteiger partial charge in [0, 0.05) is 50.3 Å². The van der Waals surface area contributed by atoms with Gasteiger partial charge in [-0.25, -0.2) is 9.37 Å². The molecule has 4 aromatic rings. The van der Waals surface area contributed by atoms with Gasteiger partial charge in [-0.2, -0.15) is 0 Å². The summed E-state index contributed by atoms with van der Waals surface area (Å²) in [6, 6.07) is 17.9. The molecule has 6 rings (SSSR count). The number of pyridine rings is 1. The summed E-state index contributed by atoms with van der Waals surface area (Å²) in [4.78, 5) is 10.2. The Labute approximate surface area is 224 Å². The number of rotatable bonds is 5. The van der Waals surface area contributed by atoms with Gasteiger partial charge in [0.2, 0.25) is 0 Å². The number of aromatic nitrogens is 2. The number of nitrogens with zero attached hydrogens (tertiary/aromatic N) is 4. The van der Waals surface area contributed by atoms with Gasteiger partial charge in [-0.3, -0.25) is 4.90 Å². The second-order valence-electron chi connectivity index (χ2n) is 10.1. The second-order valence-corrected chi connectivity index (χ2v) is 10.1. The van der Waals surface area contributed by atoms with Crippen LogP contribution in [0.5, 0.6) is 0 Å². The summed E-state index contributed by atoms with van der Waals surface area (Å²) in [6.07, 6.45) is 1.01. The Morgan fingerprint density at radius 3 is 2.49 bits per heavy atom. The number of morpholine rings is 1. The lowest BCUT2D eigenvalue weighted by atomic mass is 10.00. The first kappa shape index (κ1) is 25.7. The van der Waals surface area contributed by atoms with E-state index in [0.29, 0.717) is 6.54 Å². The Bertz CT molecular complexity index is 1410. The van der Waals surface area contributed by atoms with Gasteiger partial charge in [-0.1, -0.05) is 36.4 Å². The number of ether oxygens (including phenoxy) is 1. The van der Waals surface area contributed by atoms with E-state index in [1.807, 2.05) is 6.07 Å². The van der Waals surface area contributed by atoms with E-state index >= 15 is 0 Å². The molecule has 194 valence electrons. The van der Waals surface area contributed by atoms with Gasteiger partial charge >= 0.3 is 0 Å². The maximum atomic E-state index is 14.0. The topological polar surface area (TPSA) is 33.5 Å². The number of benzene rings is 2. The molecule has 0 unspecified atom stereocenters. The van der Waals surface area contributed by atoms with E-state index in [1.54, 1.807) is 12.1 Å². The third-order valence-electron chi connectivity index (χ3n) is 7.80. The van der Waals surface area contributed by atoms with Crippen molar-refractivity contribution < 1.29 is 9.13 Å². The van der Waals surface area contributed by atoms with Crippen LogP contribution in [-0.4, -0.2) is 47.3 Å². The Kier molecular flexibility index (Phi) is 7.52. The fourth-order valence-electron chi connectivity index (χ4n) is 5.68. The quantitative estimate of drug-likeness (QED) is 0.340. The highest BCUT2D eigenvalue weighted by atomic mass is 35.5. The van der Waals surface area contributed by atoms with Gasteiger partial charge in [-0.15, -0.1) is 12.4 Å². The number of halogens is 2. The van der Waals surface area contributed by atoms with Crippen LogP contribution in [0.3, 0.4) is 0 Å². The van der Waals surface area contributed by atoms with Crippen molar-refractivity contribution in [1.82, 2.24) is 14.5 Å². The van der Waals surface area contributed by atoms with Crippen LogP contribution in [0.1, 0.15) is 33.6 Å². The second kappa shape index (κ2) is 10.8. The lowest BCUT2D eigenvalue weighted by Gasteiger charge is -2.32. The molecule has 2 aromatic heterocycles. The summed E-state index contributed by atoms with van der Waals surface area (Å²) in [5.74, 6) is 0.843. The number of hydrogen-bond acceptors (Lipinski definition) is 4. The van der Waals surface area contributed by atoms with Crippen LogP contribution in [0.25, 0.3) is 10.9 Å². The van der Waals surface area contributed by atoms with E-state index in [1.165, 1.54) is 33.8 Å². The van der Waals surface area contributed by atoms with Gasteiger partial charge in [0.25, 0.3) is 0 Å². The van der Waals surface area contributed by atoms with E-state index < -0.39 is 0 Å². The minimum absolute atomic E-state index is 0. The molecule has 5 nitrogen and oxygen atoms in total. The van der Waals surface area contributed by atoms with Crippen molar-refractivity contribution in [2.75, 3.05) is 37.7 Å². The highest BCUT2D eigenvalue weighted by molar-refractivity contribution is 5.94. The van der Waals surface area contributed by atoms with Crippen molar-refractivity contribution in [1.29, 1.82) is 0 Å². The fraction of sp³-hybridized carbons (Fsp3) is 0.367. The molecule has 2 aliphatic heterocycles. The lowest BCUT2D eigenvalue weighted by molar-refractivity contribution is 0.0337. The summed E-state index contributed by atoms with van der Waals surface area (Å²) < 4.78 is 21.9. The highest BCUT2D eigenvalue weighted by Gasteiger charge is 2.25. The van der Waals surface area contributed by atoms with E-state index in [-0.39, 0.29) is 18.2 Å². The van der Waals surface area contributed by atoms with Crippen LogP contribution in [0.2, 0.25) is 0 Å². The van der Waals surface area contributed by atoms with Crippen molar-refractivity contribution in [2.24, 2.45) is 0 Å². The Balaban J connectivity index is 0.00000280. The highest BCUT2D eigenvalue weighted by Crippen LogP contribution is 2.35. The third kappa shape index (κ3) is 5.11. The minimum Gasteiger partial charge on any atom is -0.379 e. The molecule has 4 heterocycles. The number of fused-ring (bicyclic) bond motifs is 2. The lowest BCUT2D eigenvalue weighted by Crippen LogP contribution is -2.36. The normalized spacial score (nSPS) is 16.0. The van der Waals surface area contributed by atoms with E-state index in [9.17, 15) is 4.39 Å². The monoisotopic (exact) mass is 520 g/mol. The first-order chi connectivity index (χ1) is 17.6. The van der Waals surface area contributed by atoms with Crippen molar-refractivity contribution >= 4 is 29.1 Å². The van der Waals surface area contributed by atoms with E-state index in [0.717, 1.165) is 75.0 Å². The molecule has 2 aromatic carbocycles. The molecule has 0 N–H and O–H groups in total. The standard InChI is InChI=1S/C30H33FN4O.ClH/c1-21-22(2)35(18-23-6-5-9-26(31)16-23)29-28(21)17-27(20-33-12-14-36-15-13-33)32-30(29)34-11-10-24-7-3-4-8-25(24)19-34;/h3-9,16-17H,10-15,18-20H2,1-2H3;1H. The van der Waals surface area contributed by atoms with Gasteiger partial charge < -0.3 is 14.2 Å². The molecule has 1 saturated heterocycles. The molecule has 0 radical (unpaired) electrons. The maximum Gasteiger partial charge on any atom is 0.153 e. The molecule has 0 bridgehead atoms. The average Bonchev–Trinajstić information content (AvgIpc) is 3.13. The summed E-state index contributed by atoms with van der Waals surface area (Å²) in [7, 11) is 0. The fourth-order valence-corrected chi connectivity index (χ4v) is 5.68. The summed E-state index contributed by atoms with van der Waals surface area (Å²) in [5, 5.41) is 1.25. The molecule has 7 heteroatoms. The molecule has 2 aliphatic rings. The maximum absolute atomic E-state index is 14.0. The predicted molar refractivity (Wildman–Crippen MR) is 149 cm³/mol. The van der Waals surface area contributed by atoms with Crippen LogP contribution < -0.4 is 4.90 Å². The van der Waals surface area contributed by atoms with Gasteiger partial charge in [0.1, 0.15) is 5.82 Å². The molecule has 0 atom stereocenters. The molecule has 0 amide bonds. The third-order valence-corrected chi connectivity index (χ3v) is 7.80. The van der Waals surface area contributed by atoms with Crippen molar-refractivity contribution in [3.63, 3.8) is 0 Å². The molecule has 37 heavy (non-hydrogen) atoms. The molecule has 1 fully saturated rings. The Hall–Kier alpha value is -2.93. The zero-order valence-electron chi connectivity index (χ0n) is 21.5. The zero-order valence-corrected chi connectivity index (χ0v) is 22.4. The number of aryl methyl sites for hydroxylation is 1. The number of anilines is 1. The predicted octanol–water partition coefficient (Wildman–Crippen LogP) is 5.66. The van der Waals surface area contributed by atoms with Crippen molar-refractivity contribution in [3.8, 4) is 0 Å². The van der Waals surface area contributed by atoms with Crippen LogP contribution >= 0.6 is 12.4 Å². The van der Waals surface area contributed by atoms with E-state index in [2.05, 4.69) is 58.5 Å². The van der Waals surface area contributed by atoms with Crippen molar-refractivity contribution in [3.05, 3.63) is 94.1 Å². The van der Waals surface area contributed by atoms with Crippen LogP contribution in [-0.2, 0) is 30.8 Å². The number of hydrogen-bond donors (Lipinski definition) is 0. The Morgan fingerprint density at radius 2 is 1.70 bits per heavy atom. The molecule has 0 spiro atoms. The van der Waals surface area contributed by atoms with Gasteiger partial charge in [0.05, 0.1) is 24.4 Å². The SMILES string of the molecule is Cc1c(C)n(Cc2cccc(F)c2)c2c(N3CCc4ccccc4C3)nc(CN3CCOCC3)cc12.Cl. The van der Waals surface area contributed by atoms with Crippen LogP contribution in [0.4, 0.5) is 10.2 Å². The van der Waals surface area contributed by atoms with Crippen LogP contribution in [0, 0.1) is 19.7 Å². The minimum atomic E-state index is -0.197. The molecular weight excluding hydrogens is 487 g/mol. The van der Waals surface area contributed by atoms with Crippen LogP contribution in [0.15, 0.2) is 54.6 Å². The molecule has 0 aliphatic carbocycles. The zero-order chi connectivity index (χ0) is 24.6. The Morgan fingerprint density at radius 1 is 0.919 bits per heavy atom. The first-order valence-corrected chi connectivity index (χ1v) is 12.9. The average molecular weight is 521 g/mol. The summed E-state index contributed by atoms with van der Waals surface area (Å²) in [6.45, 7) is 11.0. The largest absolute Gasteiger partial charge is 0.379 e.